The molecule has 82 valence electrons. The quantitative estimate of drug-likeness (QED) is 0.421. The van der Waals surface area contributed by atoms with Crippen LogP contribution in [0.15, 0.2) is 36.4 Å². The fourth-order valence-electron chi connectivity index (χ4n) is 0.627. The third kappa shape index (κ3) is 6.15. The highest BCUT2D eigenvalue weighted by Gasteiger charge is 1.95. The molecule has 15 heavy (non-hydrogen) atoms. The number of ether oxygens (including phenoxy) is 1. The normalized spacial score (nSPS) is 8.40. The molecule has 0 heterocycles. The van der Waals surface area contributed by atoms with Gasteiger partial charge in [-0.05, 0) is 31.2 Å². The lowest BCUT2D eigenvalue weighted by Crippen LogP contribution is -1.98. The van der Waals surface area contributed by atoms with Crippen molar-refractivity contribution in [2.24, 2.45) is 0 Å². The Bertz CT molecular complexity index is 306. The average molecular weight is 210 g/mol. The van der Waals surface area contributed by atoms with Crippen LogP contribution in [-0.4, -0.2) is 23.3 Å². The maximum Gasteiger partial charge on any atom is 0.332 e. The van der Waals surface area contributed by atoms with Crippen LogP contribution in [0, 0.1) is 0 Å². The first-order chi connectivity index (χ1) is 6.97. The van der Waals surface area contributed by atoms with Crippen molar-refractivity contribution in [1.82, 2.24) is 0 Å². The molecular weight excluding hydrogens is 196 g/mol. The lowest BCUT2D eigenvalue weighted by Gasteiger charge is -1.91. The van der Waals surface area contributed by atoms with Gasteiger partial charge >= 0.3 is 5.97 Å². The molecule has 2 N–H and O–H groups in total. The Hall–Kier alpha value is -1.97. The van der Waals surface area contributed by atoms with Gasteiger partial charge in [-0.25, -0.2) is 4.79 Å². The zero-order valence-electron chi connectivity index (χ0n) is 8.73. The van der Waals surface area contributed by atoms with E-state index in [1.807, 2.05) is 0 Å². The van der Waals surface area contributed by atoms with Crippen molar-refractivity contribution >= 4 is 5.97 Å². The number of benzene rings is 1. The van der Waals surface area contributed by atoms with Crippen LogP contribution >= 0.6 is 0 Å². The summed E-state index contributed by atoms with van der Waals surface area (Å²) in [5.41, 5.74) is 0.433. The van der Waals surface area contributed by atoms with Crippen molar-refractivity contribution in [1.29, 1.82) is 0 Å². The van der Waals surface area contributed by atoms with E-state index in [1.54, 1.807) is 6.92 Å². The number of hydrogen-bond acceptors (Lipinski definition) is 4. The molecule has 1 rings (SSSR count). The van der Waals surface area contributed by atoms with E-state index in [-0.39, 0.29) is 17.5 Å². The van der Waals surface area contributed by atoms with Gasteiger partial charge in [0.1, 0.15) is 11.5 Å². The maximum absolute atomic E-state index is 10.2. The van der Waals surface area contributed by atoms with Crippen molar-refractivity contribution in [2.45, 2.75) is 6.92 Å². The zero-order valence-corrected chi connectivity index (χ0v) is 8.73. The highest BCUT2D eigenvalue weighted by Crippen LogP contribution is 2.13. The molecule has 4 heteroatoms. The number of methoxy groups -OCH3 is 1. The van der Waals surface area contributed by atoms with Crippen LogP contribution in [0.1, 0.15) is 6.92 Å². The minimum Gasteiger partial charge on any atom is -0.508 e. The smallest absolute Gasteiger partial charge is 0.332 e. The van der Waals surface area contributed by atoms with E-state index >= 15 is 0 Å². The SMILES string of the molecule is C=C(C)C(=O)OC.Oc1ccc(O)cc1. The molecule has 0 spiro atoms. The van der Waals surface area contributed by atoms with Crippen molar-refractivity contribution in [3.05, 3.63) is 36.4 Å². The van der Waals surface area contributed by atoms with Gasteiger partial charge < -0.3 is 14.9 Å². The first kappa shape index (κ1) is 13.0. The minimum atomic E-state index is -0.347. The first-order valence-corrected chi connectivity index (χ1v) is 4.19. The molecule has 0 aliphatic heterocycles. The average Bonchev–Trinajstić information content (AvgIpc) is 2.22. The van der Waals surface area contributed by atoms with E-state index < -0.39 is 0 Å². The van der Waals surface area contributed by atoms with E-state index in [2.05, 4.69) is 11.3 Å². The van der Waals surface area contributed by atoms with Gasteiger partial charge in [-0.15, -0.1) is 0 Å². The molecule has 0 aliphatic rings. The Morgan fingerprint density at radius 2 is 1.53 bits per heavy atom. The summed E-state index contributed by atoms with van der Waals surface area (Å²) in [6.45, 7) is 4.95. The first-order valence-electron chi connectivity index (χ1n) is 4.19. The van der Waals surface area contributed by atoms with Crippen LogP contribution in [0.4, 0.5) is 0 Å². The Morgan fingerprint density at radius 3 is 1.67 bits per heavy atom. The van der Waals surface area contributed by atoms with Gasteiger partial charge in [0.2, 0.25) is 0 Å². The number of aromatic hydroxyl groups is 2. The number of rotatable bonds is 1. The summed E-state index contributed by atoms with van der Waals surface area (Å²) in [6.07, 6.45) is 0. The summed E-state index contributed by atoms with van der Waals surface area (Å²) >= 11 is 0. The van der Waals surface area contributed by atoms with Crippen molar-refractivity contribution in [3.63, 3.8) is 0 Å². The Morgan fingerprint density at radius 1 is 1.20 bits per heavy atom. The molecule has 1 aromatic rings. The molecule has 0 radical (unpaired) electrons. The maximum atomic E-state index is 10.2. The van der Waals surface area contributed by atoms with E-state index in [4.69, 9.17) is 10.2 Å². The molecule has 0 saturated heterocycles. The predicted molar refractivity (Wildman–Crippen MR) is 56.6 cm³/mol. The molecule has 4 nitrogen and oxygen atoms in total. The lowest BCUT2D eigenvalue weighted by molar-refractivity contribution is -0.136. The zero-order chi connectivity index (χ0) is 11.8. The molecule has 0 saturated carbocycles. The monoisotopic (exact) mass is 210 g/mol. The fraction of sp³-hybridized carbons (Fsp3) is 0.182. The summed E-state index contributed by atoms with van der Waals surface area (Å²) in [4.78, 5) is 10.2. The van der Waals surface area contributed by atoms with E-state index in [0.717, 1.165) is 0 Å². The molecule has 0 aliphatic carbocycles. The summed E-state index contributed by atoms with van der Waals surface area (Å²) in [5.74, 6) is -0.00870. The summed E-state index contributed by atoms with van der Waals surface area (Å²) in [6, 6.07) is 5.70. The number of phenolic OH excluding ortho intramolecular Hbond substituents is 2. The van der Waals surface area contributed by atoms with Gasteiger partial charge in [0.25, 0.3) is 0 Å². The third-order valence-corrected chi connectivity index (χ3v) is 1.38. The van der Waals surface area contributed by atoms with Crippen LogP contribution in [-0.2, 0) is 9.53 Å². The fourth-order valence-corrected chi connectivity index (χ4v) is 0.627. The predicted octanol–water partition coefficient (Wildman–Crippen LogP) is 1.83. The molecule has 0 unspecified atom stereocenters. The molecule has 0 fully saturated rings. The second kappa shape index (κ2) is 6.48. The van der Waals surface area contributed by atoms with Crippen LogP contribution in [0.2, 0.25) is 0 Å². The molecule has 0 aromatic heterocycles. The number of carbonyl (C=O) groups is 1. The van der Waals surface area contributed by atoms with Gasteiger partial charge in [0.15, 0.2) is 0 Å². The molecular formula is C11H14O4. The molecule has 1 aromatic carbocycles. The highest BCUT2D eigenvalue weighted by atomic mass is 16.5. The Labute approximate surface area is 88.4 Å². The largest absolute Gasteiger partial charge is 0.508 e. The van der Waals surface area contributed by atoms with Gasteiger partial charge in [-0.2, -0.15) is 0 Å². The summed E-state index contributed by atoms with van der Waals surface area (Å²) in [5, 5.41) is 17.3. The second-order valence-corrected chi connectivity index (χ2v) is 2.79. The number of phenols is 2. The van der Waals surface area contributed by atoms with Gasteiger partial charge in [0.05, 0.1) is 7.11 Å². The van der Waals surface area contributed by atoms with E-state index in [0.29, 0.717) is 5.57 Å². The summed E-state index contributed by atoms with van der Waals surface area (Å²) < 4.78 is 4.27. The van der Waals surface area contributed by atoms with Crippen LogP contribution in [0.5, 0.6) is 11.5 Å². The summed E-state index contributed by atoms with van der Waals surface area (Å²) in [7, 11) is 1.33. The number of hydrogen-bond donors (Lipinski definition) is 2. The Kier molecular flexibility index (Phi) is 5.63. The topological polar surface area (TPSA) is 66.8 Å². The van der Waals surface area contributed by atoms with Crippen molar-refractivity contribution in [3.8, 4) is 11.5 Å². The van der Waals surface area contributed by atoms with Crippen LogP contribution in [0.25, 0.3) is 0 Å². The number of carbonyl (C=O) groups excluding carboxylic acids is 1. The standard InChI is InChI=1S/C6H6O2.C5H8O2/c7-5-1-2-6(8)4-3-5;1-4(2)5(6)7-3/h1-4,7-8H;1H2,2-3H3. The van der Waals surface area contributed by atoms with E-state index in [1.165, 1.54) is 31.4 Å². The molecule has 0 atom stereocenters. The van der Waals surface area contributed by atoms with Crippen molar-refractivity contribution < 1.29 is 19.7 Å². The minimum absolute atomic E-state index is 0.169. The van der Waals surface area contributed by atoms with Gasteiger partial charge in [-0.3, -0.25) is 0 Å². The van der Waals surface area contributed by atoms with E-state index in [9.17, 15) is 4.79 Å². The van der Waals surface area contributed by atoms with Crippen LogP contribution < -0.4 is 0 Å². The molecule has 0 amide bonds. The lowest BCUT2D eigenvalue weighted by atomic mass is 10.3. The Balaban J connectivity index is 0.000000265. The van der Waals surface area contributed by atoms with Gasteiger partial charge in [0, 0.05) is 5.57 Å². The van der Waals surface area contributed by atoms with Gasteiger partial charge in [-0.1, -0.05) is 6.58 Å². The third-order valence-electron chi connectivity index (χ3n) is 1.38. The van der Waals surface area contributed by atoms with Crippen molar-refractivity contribution in [2.75, 3.05) is 7.11 Å². The molecule has 0 bridgehead atoms. The number of esters is 1. The van der Waals surface area contributed by atoms with Crippen LogP contribution in [0.3, 0.4) is 0 Å². The highest BCUT2D eigenvalue weighted by molar-refractivity contribution is 5.86. The second-order valence-electron chi connectivity index (χ2n) is 2.79.